The molecule has 0 saturated heterocycles. The van der Waals surface area contributed by atoms with Crippen molar-refractivity contribution >= 4 is 20.0 Å². The summed E-state index contributed by atoms with van der Waals surface area (Å²) in [7, 11) is -5.09. The predicted molar refractivity (Wildman–Crippen MR) is 129 cm³/mol. The van der Waals surface area contributed by atoms with Gasteiger partial charge in [-0.25, -0.2) is 26.3 Å². The lowest BCUT2D eigenvalue weighted by Crippen LogP contribution is -2.41. The average Bonchev–Trinajstić information content (AvgIpc) is 2.76. The second kappa shape index (κ2) is 10.9. The molecule has 0 amide bonds. The topological polar surface area (TPSA) is 111 Å². The summed E-state index contributed by atoms with van der Waals surface area (Å²) in [6, 6.07) is 9.29. The summed E-state index contributed by atoms with van der Waals surface area (Å²) in [6.45, 7) is 9.29. The molecule has 33 heavy (non-hydrogen) atoms. The first-order chi connectivity index (χ1) is 15.3. The fraction of sp³-hybridized carbons (Fsp3) is 0.478. The SMILES string of the molecule is COc1ccc(C(C)C)cc1S(=O)(=O)NCC(C)NS(=O)(=O)c1cc(C(C)C)ccc1OC. The molecule has 0 saturated carbocycles. The molecule has 0 aromatic heterocycles. The first kappa shape index (κ1) is 27.1. The molecule has 0 fully saturated rings. The third-order valence-corrected chi connectivity index (χ3v) is 8.28. The molecule has 0 spiro atoms. The first-order valence-corrected chi connectivity index (χ1v) is 13.7. The molecule has 0 aliphatic carbocycles. The van der Waals surface area contributed by atoms with Crippen molar-refractivity contribution in [2.24, 2.45) is 0 Å². The standard InChI is InChI=1S/C23H34N2O6S2/c1-15(2)18-8-10-20(30-6)22(12-18)32(26,27)24-14-17(5)25-33(28,29)23-13-19(16(3)4)9-11-21(23)31-7/h8-13,15-17,24-25H,14H2,1-7H3. The van der Waals surface area contributed by atoms with Crippen molar-refractivity contribution in [3.63, 3.8) is 0 Å². The molecule has 2 aromatic carbocycles. The number of ether oxygens (including phenoxy) is 2. The van der Waals surface area contributed by atoms with Crippen LogP contribution in [-0.4, -0.2) is 43.6 Å². The smallest absolute Gasteiger partial charge is 0.244 e. The Balaban J connectivity index is 2.23. The van der Waals surface area contributed by atoms with Crippen LogP contribution in [0.2, 0.25) is 0 Å². The van der Waals surface area contributed by atoms with Crippen molar-refractivity contribution in [3.05, 3.63) is 47.5 Å². The minimum Gasteiger partial charge on any atom is -0.495 e. The van der Waals surface area contributed by atoms with Crippen molar-refractivity contribution in [1.82, 2.24) is 9.44 Å². The van der Waals surface area contributed by atoms with Gasteiger partial charge < -0.3 is 9.47 Å². The van der Waals surface area contributed by atoms with Crippen LogP contribution in [0.4, 0.5) is 0 Å². The van der Waals surface area contributed by atoms with E-state index in [0.717, 1.165) is 11.1 Å². The van der Waals surface area contributed by atoms with Crippen LogP contribution < -0.4 is 18.9 Å². The van der Waals surface area contributed by atoms with E-state index in [4.69, 9.17) is 9.47 Å². The number of sulfonamides is 2. The Labute approximate surface area is 197 Å². The summed E-state index contributed by atoms with van der Waals surface area (Å²) in [5.41, 5.74) is 1.70. The first-order valence-electron chi connectivity index (χ1n) is 10.7. The van der Waals surface area contributed by atoms with Crippen molar-refractivity contribution in [1.29, 1.82) is 0 Å². The molecule has 1 atom stereocenters. The predicted octanol–water partition coefficient (Wildman–Crippen LogP) is 3.60. The third kappa shape index (κ3) is 6.69. The van der Waals surface area contributed by atoms with Crippen molar-refractivity contribution in [2.75, 3.05) is 20.8 Å². The molecule has 0 radical (unpaired) electrons. The summed E-state index contributed by atoms with van der Waals surface area (Å²) in [6.07, 6.45) is 0. The average molecular weight is 499 g/mol. The van der Waals surface area contributed by atoms with Crippen LogP contribution in [0.5, 0.6) is 11.5 Å². The van der Waals surface area contributed by atoms with E-state index in [9.17, 15) is 16.8 Å². The monoisotopic (exact) mass is 498 g/mol. The summed E-state index contributed by atoms with van der Waals surface area (Å²) in [5.74, 6) is 0.697. The number of hydrogen-bond acceptors (Lipinski definition) is 6. The Kier molecular flexibility index (Phi) is 8.92. The number of benzene rings is 2. The van der Waals surface area contributed by atoms with E-state index in [1.807, 2.05) is 39.8 Å². The normalized spacial score (nSPS) is 13.4. The van der Waals surface area contributed by atoms with E-state index < -0.39 is 26.1 Å². The van der Waals surface area contributed by atoms with Gasteiger partial charge in [-0.15, -0.1) is 0 Å². The Morgan fingerprint density at radius 2 is 1.15 bits per heavy atom. The number of nitrogens with one attached hydrogen (secondary N) is 2. The molecule has 2 N–H and O–H groups in total. The number of hydrogen-bond donors (Lipinski definition) is 2. The number of methoxy groups -OCH3 is 2. The van der Waals surface area contributed by atoms with E-state index in [1.165, 1.54) is 14.2 Å². The second-order valence-electron chi connectivity index (χ2n) is 8.50. The fourth-order valence-electron chi connectivity index (χ4n) is 3.21. The van der Waals surface area contributed by atoms with E-state index >= 15 is 0 Å². The zero-order chi connectivity index (χ0) is 25.0. The lowest BCUT2D eigenvalue weighted by Gasteiger charge is -2.19. The van der Waals surface area contributed by atoms with Gasteiger partial charge in [-0.1, -0.05) is 39.8 Å². The van der Waals surface area contributed by atoms with Crippen LogP contribution in [0, 0.1) is 0 Å². The maximum Gasteiger partial charge on any atom is 0.244 e. The number of rotatable bonds is 11. The largest absolute Gasteiger partial charge is 0.495 e. The van der Waals surface area contributed by atoms with Gasteiger partial charge in [0.25, 0.3) is 0 Å². The second-order valence-corrected chi connectivity index (χ2v) is 11.9. The van der Waals surface area contributed by atoms with Crippen LogP contribution in [0.3, 0.4) is 0 Å². The Morgan fingerprint density at radius 3 is 1.55 bits per heavy atom. The van der Waals surface area contributed by atoms with Gasteiger partial charge in [-0.2, -0.15) is 0 Å². The molecular formula is C23H34N2O6S2. The molecular weight excluding hydrogens is 464 g/mol. The van der Waals surface area contributed by atoms with E-state index in [-0.39, 0.29) is 39.7 Å². The Morgan fingerprint density at radius 1 is 0.727 bits per heavy atom. The van der Waals surface area contributed by atoms with Crippen LogP contribution in [0.25, 0.3) is 0 Å². The Bertz CT molecular complexity index is 1180. The summed E-state index contributed by atoms with van der Waals surface area (Å²) >= 11 is 0. The quantitative estimate of drug-likeness (QED) is 0.490. The van der Waals surface area contributed by atoms with Gasteiger partial charge in [-0.05, 0) is 54.2 Å². The highest BCUT2D eigenvalue weighted by Crippen LogP contribution is 2.29. The van der Waals surface area contributed by atoms with Crippen molar-refractivity contribution < 1.29 is 26.3 Å². The van der Waals surface area contributed by atoms with Crippen LogP contribution >= 0.6 is 0 Å². The highest BCUT2D eigenvalue weighted by atomic mass is 32.2. The molecule has 0 bridgehead atoms. The minimum absolute atomic E-state index is 0.0113. The van der Waals surface area contributed by atoms with Crippen LogP contribution in [0.15, 0.2) is 46.2 Å². The molecule has 8 nitrogen and oxygen atoms in total. The Hall–Kier alpha value is -2.14. The van der Waals surface area contributed by atoms with Gasteiger partial charge in [0.15, 0.2) is 0 Å². The maximum atomic E-state index is 13.0. The van der Waals surface area contributed by atoms with Gasteiger partial charge in [0.1, 0.15) is 21.3 Å². The molecule has 2 aromatic rings. The molecule has 0 aliphatic rings. The van der Waals surface area contributed by atoms with E-state index in [2.05, 4.69) is 9.44 Å². The van der Waals surface area contributed by atoms with Gasteiger partial charge in [0.2, 0.25) is 20.0 Å². The molecule has 0 heterocycles. The van der Waals surface area contributed by atoms with Gasteiger partial charge in [0.05, 0.1) is 14.2 Å². The van der Waals surface area contributed by atoms with Crippen molar-refractivity contribution in [2.45, 2.75) is 62.3 Å². The third-order valence-electron chi connectivity index (χ3n) is 5.22. The van der Waals surface area contributed by atoms with E-state index in [0.29, 0.717) is 0 Å². The van der Waals surface area contributed by atoms with Crippen LogP contribution in [0.1, 0.15) is 57.6 Å². The van der Waals surface area contributed by atoms with Gasteiger partial charge in [0, 0.05) is 12.6 Å². The van der Waals surface area contributed by atoms with E-state index in [1.54, 1.807) is 31.2 Å². The molecule has 10 heteroatoms. The molecule has 1 unspecified atom stereocenters. The maximum absolute atomic E-state index is 13.0. The fourth-order valence-corrected chi connectivity index (χ4v) is 5.99. The summed E-state index contributed by atoms with van der Waals surface area (Å²) in [5, 5.41) is 0. The highest BCUT2D eigenvalue weighted by Gasteiger charge is 2.25. The molecule has 0 aliphatic heterocycles. The lowest BCUT2D eigenvalue weighted by molar-refractivity contribution is 0.401. The van der Waals surface area contributed by atoms with Gasteiger partial charge in [-0.3, -0.25) is 0 Å². The summed E-state index contributed by atoms with van der Waals surface area (Å²) in [4.78, 5) is 0.0229. The molecule has 184 valence electrons. The highest BCUT2D eigenvalue weighted by molar-refractivity contribution is 7.90. The minimum atomic E-state index is -3.96. The van der Waals surface area contributed by atoms with Crippen molar-refractivity contribution in [3.8, 4) is 11.5 Å². The zero-order valence-corrected chi connectivity index (χ0v) is 21.8. The zero-order valence-electron chi connectivity index (χ0n) is 20.2. The lowest BCUT2D eigenvalue weighted by atomic mass is 10.0. The molecule has 2 rings (SSSR count). The van der Waals surface area contributed by atoms with Crippen LogP contribution in [-0.2, 0) is 20.0 Å². The van der Waals surface area contributed by atoms with Gasteiger partial charge >= 0.3 is 0 Å². The summed E-state index contributed by atoms with van der Waals surface area (Å²) < 4.78 is 67.4.